The fourth-order valence-electron chi connectivity index (χ4n) is 2.43. The maximum Gasteiger partial charge on any atom is 0.122 e. The van der Waals surface area contributed by atoms with E-state index in [0.717, 1.165) is 11.4 Å². The van der Waals surface area contributed by atoms with Crippen LogP contribution in [0.25, 0.3) is 11.1 Å². The minimum absolute atomic E-state index is 0.704. The van der Waals surface area contributed by atoms with Crippen LogP contribution in [0.15, 0.2) is 65.3 Å². The summed E-state index contributed by atoms with van der Waals surface area (Å²) >= 11 is 0. The highest BCUT2D eigenvalue weighted by atomic mass is 16.3. The third-order valence-corrected chi connectivity index (χ3v) is 3.85. The zero-order valence-electron chi connectivity index (χ0n) is 12.4. The molecular weight excluding hydrogens is 258 g/mol. The lowest BCUT2D eigenvalue weighted by Crippen LogP contribution is -1.97. The number of furan rings is 1. The number of nitrogens with one attached hydrogen (secondary N) is 1. The predicted octanol–water partition coefficient (Wildman–Crippen LogP) is 5.18. The van der Waals surface area contributed by atoms with Crippen LogP contribution in [-0.4, -0.2) is 0 Å². The predicted molar refractivity (Wildman–Crippen MR) is 87.4 cm³/mol. The van der Waals surface area contributed by atoms with Gasteiger partial charge in [0.2, 0.25) is 0 Å². The van der Waals surface area contributed by atoms with Crippen molar-refractivity contribution in [3.8, 4) is 11.1 Å². The monoisotopic (exact) mass is 277 g/mol. The van der Waals surface area contributed by atoms with Crippen molar-refractivity contribution in [2.75, 3.05) is 5.32 Å². The molecule has 1 N–H and O–H groups in total. The highest BCUT2D eigenvalue weighted by Gasteiger charge is 2.04. The summed E-state index contributed by atoms with van der Waals surface area (Å²) in [5, 5.41) is 3.36. The van der Waals surface area contributed by atoms with E-state index in [1.165, 1.54) is 22.3 Å². The Hall–Kier alpha value is -2.48. The van der Waals surface area contributed by atoms with Crippen molar-refractivity contribution in [1.82, 2.24) is 0 Å². The topological polar surface area (TPSA) is 25.2 Å². The van der Waals surface area contributed by atoms with Crippen molar-refractivity contribution < 1.29 is 4.42 Å². The van der Waals surface area contributed by atoms with Crippen molar-refractivity contribution in [3.05, 3.63) is 77.7 Å². The van der Waals surface area contributed by atoms with Gasteiger partial charge in [-0.25, -0.2) is 0 Å². The molecule has 2 heteroatoms. The summed E-state index contributed by atoms with van der Waals surface area (Å²) in [7, 11) is 0. The van der Waals surface area contributed by atoms with Crippen LogP contribution in [-0.2, 0) is 6.54 Å². The van der Waals surface area contributed by atoms with Gasteiger partial charge in [0.25, 0.3) is 0 Å². The van der Waals surface area contributed by atoms with Crippen LogP contribution in [0.3, 0.4) is 0 Å². The van der Waals surface area contributed by atoms with Gasteiger partial charge in [-0.05, 0) is 60.4 Å². The number of hydrogen-bond acceptors (Lipinski definition) is 2. The Kier molecular flexibility index (Phi) is 3.78. The molecule has 106 valence electrons. The molecule has 1 heterocycles. The van der Waals surface area contributed by atoms with Gasteiger partial charge in [0.15, 0.2) is 0 Å². The average molecular weight is 277 g/mol. The van der Waals surface area contributed by atoms with Crippen LogP contribution in [0.2, 0.25) is 0 Å². The third kappa shape index (κ3) is 3.00. The molecule has 3 rings (SSSR count). The molecule has 0 atom stereocenters. The summed E-state index contributed by atoms with van der Waals surface area (Å²) in [6.45, 7) is 5.03. The Morgan fingerprint density at radius 1 is 0.905 bits per heavy atom. The molecule has 0 unspecified atom stereocenters. The Morgan fingerprint density at radius 3 is 2.43 bits per heavy atom. The fraction of sp³-hybridized carbons (Fsp3) is 0.158. The van der Waals surface area contributed by atoms with Crippen LogP contribution in [0.1, 0.15) is 16.9 Å². The van der Waals surface area contributed by atoms with Gasteiger partial charge in [-0.3, -0.25) is 0 Å². The number of anilines is 1. The molecule has 0 fully saturated rings. The molecule has 0 bridgehead atoms. The molecule has 0 spiro atoms. The van der Waals surface area contributed by atoms with Crippen molar-refractivity contribution in [1.29, 1.82) is 0 Å². The molecule has 21 heavy (non-hydrogen) atoms. The number of hydrogen-bond donors (Lipinski definition) is 1. The average Bonchev–Trinajstić information content (AvgIpc) is 3.02. The second kappa shape index (κ2) is 5.88. The van der Waals surface area contributed by atoms with Gasteiger partial charge in [0.1, 0.15) is 5.76 Å². The van der Waals surface area contributed by atoms with Gasteiger partial charge in [0, 0.05) is 5.69 Å². The van der Waals surface area contributed by atoms with Crippen molar-refractivity contribution in [2.24, 2.45) is 0 Å². The quantitative estimate of drug-likeness (QED) is 0.711. The molecule has 0 aliphatic rings. The van der Waals surface area contributed by atoms with Gasteiger partial charge in [0.05, 0.1) is 12.8 Å². The first-order chi connectivity index (χ1) is 10.2. The minimum Gasteiger partial charge on any atom is -0.467 e. The van der Waals surface area contributed by atoms with Gasteiger partial charge in [-0.15, -0.1) is 0 Å². The van der Waals surface area contributed by atoms with E-state index in [1.807, 2.05) is 12.1 Å². The molecule has 2 nitrogen and oxygen atoms in total. The summed E-state index contributed by atoms with van der Waals surface area (Å²) in [6, 6.07) is 18.9. The molecule has 0 saturated heterocycles. The minimum atomic E-state index is 0.704. The maximum absolute atomic E-state index is 5.31. The zero-order valence-corrected chi connectivity index (χ0v) is 12.4. The number of benzene rings is 2. The van der Waals surface area contributed by atoms with Crippen molar-refractivity contribution in [3.63, 3.8) is 0 Å². The second-order valence-electron chi connectivity index (χ2n) is 5.26. The van der Waals surface area contributed by atoms with E-state index in [9.17, 15) is 0 Å². The molecule has 0 aliphatic carbocycles. The molecule has 3 aromatic rings. The van der Waals surface area contributed by atoms with Crippen LogP contribution in [0.4, 0.5) is 5.69 Å². The number of aryl methyl sites for hydroxylation is 1. The molecule has 0 saturated carbocycles. The lowest BCUT2D eigenvalue weighted by Gasteiger charge is -2.10. The van der Waals surface area contributed by atoms with Crippen molar-refractivity contribution >= 4 is 5.69 Å². The molecule has 0 radical (unpaired) electrons. The smallest absolute Gasteiger partial charge is 0.122 e. The number of rotatable bonds is 4. The second-order valence-corrected chi connectivity index (χ2v) is 5.26. The van der Waals surface area contributed by atoms with E-state index >= 15 is 0 Å². The summed E-state index contributed by atoms with van der Waals surface area (Å²) in [4.78, 5) is 0. The van der Waals surface area contributed by atoms with Crippen molar-refractivity contribution in [2.45, 2.75) is 20.4 Å². The highest BCUT2D eigenvalue weighted by Crippen LogP contribution is 2.26. The lowest BCUT2D eigenvalue weighted by molar-refractivity contribution is 0.518. The van der Waals surface area contributed by atoms with Crippen LogP contribution >= 0.6 is 0 Å². The first-order valence-electron chi connectivity index (χ1n) is 7.17. The van der Waals surface area contributed by atoms with Gasteiger partial charge in [-0.2, -0.15) is 0 Å². The van der Waals surface area contributed by atoms with Crippen LogP contribution in [0.5, 0.6) is 0 Å². The van der Waals surface area contributed by atoms with Gasteiger partial charge >= 0.3 is 0 Å². The molecule has 2 aromatic carbocycles. The lowest BCUT2D eigenvalue weighted by atomic mass is 9.97. The summed E-state index contributed by atoms with van der Waals surface area (Å²) < 4.78 is 5.31. The molecule has 1 aromatic heterocycles. The fourth-order valence-corrected chi connectivity index (χ4v) is 2.43. The Labute approximate surface area is 125 Å². The molecule has 0 amide bonds. The standard InChI is InChI=1S/C19H19NO/c1-14-5-3-7-19(15(14)2)16-8-10-17(11-9-16)20-13-18-6-4-12-21-18/h3-12,20H,13H2,1-2H3. The van der Waals surface area contributed by atoms with E-state index in [0.29, 0.717) is 6.54 Å². The highest BCUT2D eigenvalue weighted by molar-refractivity contribution is 5.70. The molecular formula is C19H19NO. The van der Waals surface area contributed by atoms with Gasteiger partial charge in [-0.1, -0.05) is 30.3 Å². The maximum atomic E-state index is 5.31. The van der Waals surface area contributed by atoms with E-state index in [2.05, 4.69) is 61.6 Å². The Morgan fingerprint density at radius 2 is 1.71 bits per heavy atom. The normalized spacial score (nSPS) is 10.6. The molecule has 0 aliphatic heterocycles. The third-order valence-electron chi connectivity index (χ3n) is 3.85. The summed E-state index contributed by atoms with van der Waals surface area (Å²) in [5.74, 6) is 0.939. The van der Waals surface area contributed by atoms with E-state index in [-0.39, 0.29) is 0 Å². The van der Waals surface area contributed by atoms with E-state index < -0.39 is 0 Å². The van der Waals surface area contributed by atoms with Gasteiger partial charge < -0.3 is 9.73 Å². The Bertz CT molecular complexity index is 712. The largest absolute Gasteiger partial charge is 0.467 e. The first kappa shape index (κ1) is 13.5. The van der Waals surface area contributed by atoms with Crippen LogP contribution < -0.4 is 5.32 Å². The first-order valence-corrected chi connectivity index (χ1v) is 7.17. The van der Waals surface area contributed by atoms with Crippen LogP contribution in [0, 0.1) is 13.8 Å². The van der Waals surface area contributed by atoms with E-state index in [1.54, 1.807) is 6.26 Å². The van der Waals surface area contributed by atoms with E-state index in [4.69, 9.17) is 4.42 Å². The Balaban J connectivity index is 1.76. The SMILES string of the molecule is Cc1cccc(-c2ccc(NCc3ccco3)cc2)c1C. The zero-order chi connectivity index (χ0) is 14.7. The summed E-state index contributed by atoms with van der Waals surface area (Å²) in [6.07, 6.45) is 1.70. The summed E-state index contributed by atoms with van der Waals surface area (Å²) in [5.41, 5.74) is 6.31.